The Balaban J connectivity index is 1.54. The Morgan fingerprint density at radius 3 is 2.57 bits per heavy atom. The molecule has 0 atom stereocenters. The number of nitrogens with one attached hydrogen (secondary N) is 1. The Bertz CT molecular complexity index is 1180. The molecule has 1 amide bonds. The van der Waals surface area contributed by atoms with E-state index >= 15 is 0 Å². The molecule has 0 aliphatic carbocycles. The number of nitrogens with zero attached hydrogens (tertiary/aromatic N) is 5. The van der Waals surface area contributed by atoms with Crippen LogP contribution in [0.2, 0.25) is 5.02 Å². The van der Waals surface area contributed by atoms with E-state index in [2.05, 4.69) is 20.6 Å². The van der Waals surface area contributed by atoms with Crippen LogP contribution in [0.5, 0.6) is 0 Å². The lowest BCUT2D eigenvalue weighted by atomic mass is 10.2. The summed E-state index contributed by atoms with van der Waals surface area (Å²) in [4.78, 5) is 29.1. The molecule has 8 nitrogen and oxygen atoms in total. The van der Waals surface area contributed by atoms with Crippen molar-refractivity contribution >= 4 is 28.7 Å². The Labute approximate surface area is 164 Å². The quantitative estimate of drug-likeness (QED) is 0.558. The van der Waals surface area contributed by atoms with Crippen LogP contribution in [0.15, 0.2) is 65.7 Å². The summed E-state index contributed by atoms with van der Waals surface area (Å²) in [5.41, 5.74) is 1.63. The van der Waals surface area contributed by atoms with E-state index in [-0.39, 0.29) is 18.0 Å². The number of carbonyl (C=O) groups is 1. The second kappa shape index (κ2) is 7.61. The summed E-state index contributed by atoms with van der Waals surface area (Å²) in [5.74, 6) is -0.294. The second-order valence-corrected chi connectivity index (χ2v) is 6.53. The van der Waals surface area contributed by atoms with Crippen molar-refractivity contribution in [2.75, 3.05) is 0 Å². The number of benzene rings is 2. The fourth-order valence-corrected chi connectivity index (χ4v) is 2.85. The van der Waals surface area contributed by atoms with Crippen LogP contribution in [0, 0.1) is 0 Å². The van der Waals surface area contributed by atoms with E-state index < -0.39 is 5.56 Å². The molecule has 0 spiro atoms. The number of amides is 1. The molecule has 2 aromatic heterocycles. The zero-order valence-electron chi connectivity index (χ0n) is 14.6. The van der Waals surface area contributed by atoms with Gasteiger partial charge in [0.05, 0.1) is 5.69 Å². The van der Waals surface area contributed by atoms with Crippen LogP contribution in [0.25, 0.3) is 16.9 Å². The average Bonchev–Trinajstić information content (AvgIpc) is 3.15. The van der Waals surface area contributed by atoms with Crippen LogP contribution in [0.3, 0.4) is 0 Å². The molecule has 0 fully saturated rings. The molecule has 28 heavy (non-hydrogen) atoms. The Kier molecular flexibility index (Phi) is 4.86. The molecule has 0 unspecified atom stereocenters. The molecule has 4 rings (SSSR count). The number of fused-ring (bicyclic) bond motifs is 1. The van der Waals surface area contributed by atoms with Crippen LogP contribution in [0.4, 0.5) is 0 Å². The highest BCUT2D eigenvalue weighted by molar-refractivity contribution is 6.30. The van der Waals surface area contributed by atoms with Crippen LogP contribution < -0.4 is 10.9 Å². The smallest absolute Gasteiger partial charge is 0.284 e. The lowest BCUT2D eigenvalue weighted by Gasteiger charge is -2.07. The van der Waals surface area contributed by atoms with Crippen molar-refractivity contribution in [2.45, 2.75) is 13.1 Å². The average molecular weight is 395 g/mol. The molecule has 1 N–H and O–H groups in total. The Morgan fingerprint density at radius 1 is 1.07 bits per heavy atom. The van der Waals surface area contributed by atoms with Gasteiger partial charge in [0.1, 0.15) is 12.9 Å². The van der Waals surface area contributed by atoms with Crippen LogP contribution in [-0.2, 0) is 17.9 Å². The van der Waals surface area contributed by atoms with Gasteiger partial charge in [0.15, 0.2) is 11.2 Å². The monoisotopic (exact) mass is 394 g/mol. The summed E-state index contributed by atoms with van der Waals surface area (Å²) in [6, 6.07) is 16.4. The third kappa shape index (κ3) is 3.63. The van der Waals surface area contributed by atoms with E-state index in [0.29, 0.717) is 22.9 Å². The number of hydrogen-bond donors (Lipinski definition) is 1. The Hall–Kier alpha value is -3.52. The fourth-order valence-electron chi connectivity index (χ4n) is 2.72. The summed E-state index contributed by atoms with van der Waals surface area (Å²) in [5, 5.41) is 11.3. The predicted octanol–water partition coefficient (Wildman–Crippen LogP) is 1.95. The van der Waals surface area contributed by atoms with E-state index in [0.717, 1.165) is 5.56 Å². The molecule has 4 aromatic rings. The summed E-state index contributed by atoms with van der Waals surface area (Å²) in [6.07, 6.45) is 1.32. The van der Waals surface area contributed by atoms with Crippen molar-refractivity contribution in [3.05, 3.63) is 81.9 Å². The number of aromatic nitrogens is 5. The van der Waals surface area contributed by atoms with Gasteiger partial charge in [-0.05, 0) is 29.8 Å². The number of hydrogen-bond acceptors (Lipinski definition) is 5. The third-order valence-corrected chi connectivity index (χ3v) is 4.40. The van der Waals surface area contributed by atoms with Gasteiger partial charge in [0.2, 0.25) is 5.91 Å². The molecular weight excluding hydrogens is 380 g/mol. The summed E-state index contributed by atoms with van der Waals surface area (Å²) in [6.45, 7) is 0.235. The van der Waals surface area contributed by atoms with Crippen LogP contribution in [-0.4, -0.2) is 30.5 Å². The molecule has 9 heteroatoms. The van der Waals surface area contributed by atoms with Crippen molar-refractivity contribution in [2.24, 2.45) is 0 Å². The van der Waals surface area contributed by atoms with Crippen LogP contribution >= 0.6 is 11.6 Å². The van der Waals surface area contributed by atoms with E-state index in [1.165, 1.54) is 15.6 Å². The molecule has 0 aliphatic rings. The highest BCUT2D eigenvalue weighted by Gasteiger charge is 2.14. The molecule has 0 radical (unpaired) electrons. The van der Waals surface area contributed by atoms with Gasteiger partial charge in [-0.15, -0.1) is 5.10 Å². The first-order chi connectivity index (χ1) is 13.6. The number of carbonyl (C=O) groups excluding carboxylic acids is 1. The van der Waals surface area contributed by atoms with Crippen molar-refractivity contribution in [1.82, 2.24) is 29.9 Å². The zero-order chi connectivity index (χ0) is 19.5. The predicted molar refractivity (Wildman–Crippen MR) is 104 cm³/mol. The zero-order valence-corrected chi connectivity index (χ0v) is 15.4. The van der Waals surface area contributed by atoms with Crippen molar-refractivity contribution < 1.29 is 4.79 Å². The Morgan fingerprint density at radius 2 is 1.82 bits per heavy atom. The van der Waals surface area contributed by atoms with Crippen molar-refractivity contribution in [3.8, 4) is 5.69 Å². The van der Waals surface area contributed by atoms with Gasteiger partial charge in [0.25, 0.3) is 5.56 Å². The molecule has 0 saturated heterocycles. The molecule has 0 aliphatic heterocycles. The largest absolute Gasteiger partial charge is 0.350 e. The van der Waals surface area contributed by atoms with Gasteiger partial charge >= 0.3 is 0 Å². The maximum Gasteiger partial charge on any atom is 0.284 e. The molecular formula is C19H15ClN6O2. The first-order valence-electron chi connectivity index (χ1n) is 8.49. The maximum absolute atomic E-state index is 12.6. The van der Waals surface area contributed by atoms with Crippen molar-refractivity contribution in [3.63, 3.8) is 0 Å². The van der Waals surface area contributed by atoms with Gasteiger partial charge in [-0.2, -0.15) is 4.68 Å². The first kappa shape index (κ1) is 17.9. The lowest BCUT2D eigenvalue weighted by Crippen LogP contribution is -2.32. The van der Waals surface area contributed by atoms with E-state index in [1.807, 2.05) is 30.3 Å². The van der Waals surface area contributed by atoms with Gasteiger partial charge in [-0.25, -0.2) is 4.98 Å². The van der Waals surface area contributed by atoms with Crippen molar-refractivity contribution in [1.29, 1.82) is 0 Å². The molecule has 0 bridgehead atoms. The third-order valence-electron chi connectivity index (χ3n) is 4.15. The highest BCUT2D eigenvalue weighted by atomic mass is 35.5. The lowest BCUT2D eigenvalue weighted by molar-refractivity contribution is -0.121. The first-order valence-corrected chi connectivity index (χ1v) is 8.87. The fraction of sp³-hybridized carbons (Fsp3) is 0.105. The van der Waals surface area contributed by atoms with Crippen LogP contribution in [0.1, 0.15) is 5.56 Å². The van der Waals surface area contributed by atoms with Gasteiger partial charge in [-0.1, -0.05) is 47.1 Å². The SMILES string of the molecule is O=C(Cn1cnc2c(nnn2-c2ccc(Cl)cc2)c1=O)NCc1ccccc1. The summed E-state index contributed by atoms with van der Waals surface area (Å²) < 4.78 is 2.66. The topological polar surface area (TPSA) is 94.7 Å². The van der Waals surface area contributed by atoms with E-state index in [4.69, 9.17) is 11.6 Å². The highest BCUT2D eigenvalue weighted by Crippen LogP contribution is 2.15. The van der Waals surface area contributed by atoms with Gasteiger partial charge in [0, 0.05) is 11.6 Å². The van der Waals surface area contributed by atoms with Gasteiger partial charge in [-0.3, -0.25) is 14.2 Å². The minimum atomic E-state index is -0.430. The molecule has 2 aromatic carbocycles. The molecule has 0 saturated carbocycles. The molecule has 140 valence electrons. The second-order valence-electron chi connectivity index (χ2n) is 6.09. The molecule has 2 heterocycles. The normalized spacial score (nSPS) is 10.9. The summed E-state index contributed by atoms with van der Waals surface area (Å²) in [7, 11) is 0. The number of rotatable bonds is 5. The summed E-state index contributed by atoms with van der Waals surface area (Å²) >= 11 is 5.90. The maximum atomic E-state index is 12.6. The minimum absolute atomic E-state index is 0.0910. The van der Waals surface area contributed by atoms with Gasteiger partial charge < -0.3 is 5.32 Å². The number of halogens is 1. The minimum Gasteiger partial charge on any atom is -0.350 e. The van der Waals surface area contributed by atoms with E-state index in [9.17, 15) is 9.59 Å². The van der Waals surface area contributed by atoms with E-state index in [1.54, 1.807) is 24.3 Å². The standard InChI is InChI=1S/C19H15ClN6O2/c20-14-6-8-15(9-7-14)26-18-17(23-24-26)19(28)25(12-22-18)11-16(27)21-10-13-4-2-1-3-5-13/h1-9,12H,10-11H2,(H,21,27).